The second-order valence-corrected chi connectivity index (χ2v) is 9.31. The maximum Gasteiger partial charge on any atom is 0.236 e. The molecule has 0 aliphatic carbocycles. The monoisotopic (exact) mass is 397 g/mol. The van der Waals surface area contributed by atoms with Crippen LogP contribution in [0.3, 0.4) is 0 Å². The molecule has 5 heteroatoms. The first-order valence-corrected chi connectivity index (χ1v) is 11.5. The van der Waals surface area contributed by atoms with Gasteiger partial charge in [-0.1, -0.05) is 43.2 Å². The minimum absolute atomic E-state index is 0.241. The summed E-state index contributed by atoms with van der Waals surface area (Å²) < 4.78 is 0. The van der Waals surface area contributed by atoms with Crippen molar-refractivity contribution < 1.29 is 9.59 Å². The number of hydrogen-bond acceptors (Lipinski definition) is 3. The van der Waals surface area contributed by atoms with E-state index in [1.54, 1.807) is 0 Å². The summed E-state index contributed by atoms with van der Waals surface area (Å²) in [5, 5.41) is 0. The molecule has 1 aromatic carbocycles. The zero-order valence-electron chi connectivity index (χ0n) is 17.7. The quantitative estimate of drug-likeness (QED) is 0.783. The van der Waals surface area contributed by atoms with E-state index in [9.17, 15) is 9.59 Å². The lowest BCUT2D eigenvalue weighted by Gasteiger charge is -2.47. The molecule has 3 heterocycles. The van der Waals surface area contributed by atoms with Crippen LogP contribution in [-0.2, 0) is 16.1 Å². The van der Waals surface area contributed by atoms with Crippen LogP contribution in [0, 0.1) is 5.41 Å². The SMILES string of the molecule is O=C(CN1CCC2(CCC(=O)N(Cc3ccccc3)C2)CC1)N1CCCCCC1. The van der Waals surface area contributed by atoms with Crippen molar-refractivity contribution in [2.24, 2.45) is 5.41 Å². The molecule has 3 saturated heterocycles. The van der Waals surface area contributed by atoms with Crippen LogP contribution in [0.15, 0.2) is 30.3 Å². The highest BCUT2D eigenvalue weighted by Gasteiger charge is 2.41. The van der Waals surface area contributed by atoms with Gasteiger partial charge in [0.2, 0.25) is 11.8 Å². The van der Waals surface area contributed by atoms with Gasteiger partial charge in [-0.25, -0.2) is 0 Å². The molecule has 0 bridgehead atoms. The molecule has 3 aliphatic heterocycles. The minimum atomic E-state index is 0.241. The molecule has 0 aromatic heterocycles. The Bertz CT molecular complexity index is 689. The van der Waals surface area contributed by atoms with E-state index < -0.39 is 0 Å². The van der Waals surface area contributed by atoms with Gasteiger partial charge < -0.3 is 9.80 Å². The van der Waals surface area contributed by atoms with E-state index >= 15 is 0 Å². The highest BCUT2D eigenvalue weighted by Crippen LogP contribution is 2.40. The number of nitrogens with zero attached hydrogens (tertiary/aromatic N) is 3. The van der Waals surface area contributed by atoms with Crippen LogP contribution < -0.4 is 0 Å². The van der Waals surface area contributed by atoms with Crippen LogP contribution in [-0.4, -0.2) is 65.8 Å². The van der Waals surface area contributed by atoms with Crippen molar-refractivity contribution in [2.75, 3.05) is 39.3 Å². The Labute approximate surface area is 175 Å². The van der Waals surface area contributed by atoms with Crippen LogP contribution >= 0.6 is 0 Å². The third kappa shape index (κ3) is 5.19. The smallest absolute Gasteiger partial charge is 0.236 e. The van der Waals surface area contributed by atoms with Gasteiger partial charge in [-0.3, -0.25) is 14.5 Å². The molecule has 1 aromatic rings. The number of carbonyl (C=O) groups excluding carboxylic acids is 2. The maximum atomic E-state index is 12.7. The predicted molar refractivity (Wildman–Crippen MR) is 114 cm³/mol. The topological polar surface area (TPSA) is 43.9 Å². The Kier molecular flexibility index (Phi) is 6.53. The number of carbonyl (C=O) groups is 2. The van der Waals surface area contributed by atoms with Crippen LogP contribution in [0.25, 0.3) is 0 Å². The fourth-order valence-electron chi connectivity index (χ4n) is 5.26. The van der Waals surface area contributed by atoms with Crippen molar-refractivity contribution in [3.8, 4) is 0 Å². The van der Waals surface area contributed by atoms with Crippen LogP contribution in [0.2, 0.25) is 0 Å². The van der Waals surface area contributed by atoms with Crippen molar-refractivity contribution >= 4 is 11.8 Å². The zero-order valence-corrected chi connectivity index (χ0v) is 17.7. The van der Waals surface area contributed by atoms with E-state index in [1.165, 1.54) is 18.4 Å². The standard InChI is InChI=1S/C24H35N3O2/c28-22-10-11-24(20-27(22)18-21-8-4-3-5-9-21)12-16-25(17-13-24)19-23(29)26-14-6-1-2-7-15-26/h3-5,8-9H,1-2,6-7,10-20H2. The molecule has 4 rings (SSSR count). The minimum Gasteiger partial charge on any atom is -0.342 e. The first-order valence-electron chi connectivity index (χ1n) is 11.5. The van der Waals surface area contributed by atoms with E-state index in [0.717, 1.165) is 71.4 Å². The second kappa shape index (κ2) is 9.29. The Hall–Kier alpha value is -1.88. The lowest BCUT2D eigenvalue weighted by molar-refractivity contribution is -0.140. The van der Waals surface area contributed by atoms with Gasteiger partial charge in [-0.05, 0) is 56.2 Å². The van der Waals surface area contributed by atoms with Crippen molar-refractivity contribution in [1.29, 1.82) is 0 Å². The van der Waals surface area contributed by atoms with Gasteiger partial charge in [0, 0.05) is 32.6 Å². The molecule has 3 aliphatic rings. The first kappa shape index (κ1) is 20.4. The molecule has 0 unspecified atom stereocenters. The lowest BCUT2D eigenvalue weighted by Crippen LogP contribution is -2.52. The van der Waals surface area contributed by atoms with Gasteiger partial charge in [-0.15, -0.1) is 0 Å². The van der Waals surface area contributed by atoms with Crippen LogP contribution in [0.4, 0.5) is 0 Å². The fourth-order valence-corrected chi connectivity index (χ4v) is 5.26. The van der Waals surface area contributed by atoms with Gasteiger partial charge in [-0.2, -0.15) is 0 Å². The number of benzene rings is 1. The summed E-state index contributed by atoms with van der Waals surface area (Å²) in [4.78, 5) is 31.7. The van der Waals surface area contributed by atoms with Gasteiger partial charge in [0.15, 0.2) is 0 Å². The Balaban J connectivity index is 1.29. The molecule has 29 heavy (non-hydrogen) atoms. The summed E-state index contributed by atoms with van der Waals surface area (Å²) in [6.45, 7) is 6.00. The fraction of sp³-hybridized carbons (Fsp3) is 0.667. The van der Waals surface area contributed by atoms with E-state index in [-0.39, 0.29) is 5.41 Å². The maximum absolute atomic E-state index is 12.7. The number of rotatable bonds is 4. The molecule has 0 atom stereocenters. The first-order chi connectivity index (χ1) is 14.1. The Morgan fingerprint density at radius 1 is 0.897 bits per heavy atom. The summed E-state index contributed by atoms with van der Waals surface area (Å²) in [6, 6.07) is 10.3. The molecule has 0 saturated carbocycles. The van der Waals surface area contributed by atoms with Crippen LogP contribution in [0.1, 0.15) is 56.9 Å². The Morgan fingerprint density at radius 2 is 1.59 bits per heavy atom. The lowest BCUT2D eigenvalue weighted by atomic mass is 9.72. The molecular weight excluding hydrogens is 362 g/mol. The van der Waals surface area contributed by atoms with E-state index in [0.29, 0.717) is 24.8 Å². The number of piperidine rings is 2. The summed E-state index contributed by atoms with van der Waals surface area (Å²) in [6.07, 6.45) is 8.69. The molecule has 0 N–H and O–H groups in total. The van der Waals surface area contributed by atoms with Crippen molar-refractivity contribution in [3.63, 3.8) is 0 Å². The average molecular weight is 398 g/mol. The molecule has 1 spiro atoms. The number of amides is 2. The van der Waals surface area contributed by atoms with Gasteiger partial charge in [0.25, 0.3) is 0 Å². The number of likely N-dealkylation sites (tertiary alicyclic amines) is 3. The Morgan fingerprint density at radius 3 is 2.28 bits per heavy atom. The zero-order chi connectivity index (χ0) is 20.1. The molecule has 158 valence electrons. The molecular formula is C24H35N3O2. The third-order valence-corrected chi connectivity index (χ3v) is 7.20. The van der Waals surface area contributed by atoms with Crippen molar-refractivity contribution in [1.82, 2.24) is 14.7 Å². The average Bonchev–Trinajstić information content (AvgIpc) is 3.03. The van der Waals surface area contributed by atoms with Crippen LogP contribution in [0.5, 0.6) is 0 Å². The van der Waals surface area contributed by atoms with E-state index in [4.69, 9.17) is 0 Å². The molecule has 3 fully saturated rings. The van der Waals surface area contributed by atoms with Crippen molar-refractivity contribution in [2.45, 2.75) is 57.9 Å². The molecule has 2 amide bonds. The van der Waals surface area contributed by atoms with E-state index in [1.807, 2.05) is 18.2 Å². The summed E-state index contributed by atoms with van der Waals surface area (Å²) in [7, 11) is 0. The predicted octanol–water partition coefficient (Wildman–Crippen LogP) is 3.29. The van der Waals surface area contributed by atoms with Gasteiger partial charge >= 0.3 is 0 Å². The van der Waals surface area contributed by atoms with Crippen molar-refractivity contribution in [3.05, 3.63) is 35.9 Å². The molecule has 5 nitrogen and oxygen atoms in total. The third-order valence-electron chi connectivity index (χ3n) is 7.20. The second-order valence-electron chi connectivity index (χ2n) is 9.31. The highest BCUT2D eigenvalue weighted by atomic mass is 16.2. The summed E-state index contributed by atoms with van der Waals surface area (Å²) in [5.41, 5.74) is 1.45. The normalized spacial score (nSPS) is 23.2. The highest BCUT2D eigenvalue weighted by molar-refractivity contribution is 5.78. The van der Waals surface area contributed by atoms with Gasteiger partial charge in [0.05, 0.1) is 6.54 Å². The van der Waals surface area contributed by atoms with E-state index in [2.05, 4.69) is 26.8 Å². The van der Waals surface area contributed by atoms with Gasteiger partial charge in [0.1, 0.15) is 0 Å². The largest absolute Gasteiger partial charge is 0.342 e. The number of hydrogen-bond donors (Lipinski definition) is 0. The summed E-state index contributed by atoms with van der Waals surface area (Å²) >= 11 is 0. The summed E-state index contributed by atoms with van der Waals surface area (Å²) in [5.74, 6) is 0.602. The molecule has 0 radical (unpaired) electrons.